The van der Waals surface area contributed by atoms with Gasteiger partial charge in [0.25, 0.3) is 5.91 Å². The van der Waals surface area contributed by atoms with Crippen LogP contribution in [-0.4, -0.2) is 27.6 Å². The van der Waals surface area contributed by atoms with Gasteiger partial charge < -0.3 is 9.32 Å². The summed E-state index contributed by atoms with van der Waals surface area (Å²) >= 11 is 0. The van der Waals surface area contributed by atoms with E-state index in [2.05, 4.69) is 5.10 Å². The molecule has 2 aromatic heterocycles. The Labute approximate surface area is 141 Å². The first-order valence-corrected chi connectivity index (χ1v) is 7.89. The van der Waals surface area contributed by atoms with Gasteiger partial charge in [0.15, 0.2) is 5.76 Å². The number of amides is 1. The van der Waals surface area contributed by atoms with Crippen LogP contribution in [0.4, 0.5) is 0 Å². The second-order valence-corrected chi connectivity index (χ2v) is 5.99. The lowest BCUT2D eigenvalue weighted by Gasteiger charge is -2.16. The number of furan rings is 1. The second-order valence-electron chi connectivity index (χ2n) is 5.99. The molecule has 5 heteroatoms. The Morgan fingerprint density at radius 1 is 1.17 bits per heavy atom. The Bertz CT molecular complexity index is 862. The number of hydrogen-bond acceptors (Lipinski definition) is 3. The maximum absolute atomic E-state index is 12.5. The van der Waals surface area contributed by atoms with Gasteiger partial charge in [-0.25, -0.2) is 4.68 Å². The molecular formula is C19H21N3O2. The first kappa shape index (κ1) is 16.1. The van der Waals surface area contributed by atoms with E-state index in [1.165, 1.54) is 0 Å². The highest BCUT2D eigenvalue weighted by Crippen LogP contribution is 2.20. The summed E-state index contributed by atoms with van der Waals surface area (Å²) in [5, 5.41) is 4.63. The smallest absolute Gasteiger partial charge is 0.289 e. The fourth-order valence-corrected chi connectivity index (χ4v) is 2.80. The summed E-state index contributed by atoms with van der Waals surface area (Å²) in [4.78, 5) is 14.2. The van der Waals surface area contributed by atoms with Gasteiger partial charge in [0.1, 0.15) is 0 Å². The third-order valence-corrected chi connectivity index (χ3v) is 4.24. The number of carbonyl (C=O) groups is 1. The SMILES string of the molecule is Cc1ccoc1C(=O)N(C)Cc1c(C)nn(-c2ccccc2)c1C. The molecule has 0 saturated carbocycles. The fraction of sp³-hybridized carbons (Fsp3) is 0.263. The highest BCUT2D eigenvalue weighted by molar-refractivity contribution is 5.92. The fourth-order valence-electron chi connectivity index (χ4n) is 2.80. The monoisotopic (exact) mass is 323 g/mol. The van der Waals surface area contributed by atoms with Gasteiger partial charge in [0, 0.05) is 30.4 Å². The molecule has 0 unspecified atom stereocenters. The van der Waals surface area contributed by atoms with E-state index in [1.54, 1.807) is 24.3 Å². The van der Waals surface area contributed by atoms with Gasteiger partial charge in [0.2, 0.25) is 0 Å². The van der Waals surface area contributed by atoms with E-state index in [4.69, 9.17) is 4.42 Å². The van der Waals surface area contributed by atoms with E-state index in [0.29, 0.717) is 12.3 Å². The van der Waals surface area contributed by atoms with Crippen molar-refractivity contribution in [2.75, 3.05) is 7.05 Å². The molecule has 0 bridgehead atoms. The third-order valence-electron chi connectivity index (χ3n) is 4.24. The molecule has 0 saturated heterocycles. The molecule has 0 fully saturated rings. The number of aryl methyl sites for hydroxylation is 2. The molecule has 3 aromatic rings. The van der Waals surface area contributed by atoms with Crippen LogP contribution in [0.15, 0.2) is 47.1 Å². The minimum absolute atomic E-state index is 0.122. The van der Waals surface area contributed by atoms with Crippen LogP contribution in [0.25, 0.3) is 5.69 Å². The highest BCUT2D eigenvalue weighted by atomic mass is 16.3. The molecule has 0 N–H and O–H groups in total. The lowest BCUT2D eigenvalue weighted by Crippen LogP contribution is -2.26. The standard InChI is InChI=1S/C19H21N3O2/c1-13-10-11-24-18(13)19(23)21(4)12-17-14(2)20-22(15(17)3)16-8-6-5-7-9-16/h5-11H,12H2,1-4H3. The molecule has 0 atom stereocenters. The zero-order valence-electron chi connectivity index (χ0n) is 14.4. The molecule has 1 aromatic carbocycles. The highest BCUT2D eigenvalue weighted by Gasteiger charge is 2.21. The third kappa shape index (κ3) is 2.85. The summed E-state index contributed by atoms with van der Waals surface area (Å²) in [5.74, 6) is 0.270. The van der Waals surface area contributed by atoms with Crippen molar-refractivity contribution in [1.82, 2.24) is 14.7 Å². The molecule has 0 aliphatic carbocycles. The lowest BCUT2D eigenvalue weighted by atomic mass is 10.1. The van der Waals surface area contributed by atoms with Crippen molar-refractivity contribution < 1.29 is 9.21 Å². The van der Waals surface area contributed by atoms with Crippen molar-refractivity contribution in [3.63, 3.8) is 0 Å². The zero-order valence-corrected chi connectivity index (χ0v) is 14.4. The van der Waals surface area contributed by atoms with Gasteiger partial charge in [-0.3, -0.25) is 4.79 Å². The number of aromatic nitrogens is 2. The van der Waals surface area contributed by atoms with Crippen molar-refractivity contribution in [1.29, 1.82) is 0 Å². The van der Waals surface area contributed by atoms with Gasteiger partial charge in [-0.05, 0) is 39.0 Å². The molecule has 0 aliphatic heterocycles. The summed E-state index contributed by atoms with van der Waals surface area (Å²) in [6.45, 7) is 6.36. The van der Waals surface area contributed by atoms with Gasteiger partial charge >= 0.3 is 0 Å². The molecule has 1 amide bonds. The van der Waals surface area contributed by atoms with Gasteiger partial charge in [-0.1, -0.05) is 18.2 Å². The van der Waals surface area contributed by atoms with Crippen LogP contribution < -0.4 is 0 Å². The maximum atomic E-state index is 12.5. The number of rotatable bonds is 4. The summed E-state index contributed by atoms with van der Waals surface area (Å²) < 4.78 is 7.23. The van der Waals surface area contributed by atoms with Crippen molar-refractivity contribution in [3.8, 4) is 5.69 Å². The Morgan fingerprint density at radius 3 is 2.50 bits per heavy atom. The van der Waals surface area contributed by atoms with E-state index in [-0.39, 0.29) is 5.91 Å². The van der Waals surface area contributed by atoms with Crippen molar-refractivity contribution in [2.24, 2.45) is 0 Å². The van der Waals surface area contributed by atoms with Crippen LogP contribution in [0.2, 0.25) is 0 Å². The van der Waals surface area contributed by atoms with Crippen LogP contribution in [0.5, 0.6) is 0 Å². The van der Waals surface area contributed by atoms with Gasteiger partial charge in [-0.2, -0.15) is 5.10 Å². The average Bonchev–Trinajstić information content (AvgIpc) is 3.13. The largest absolute Gasteiger partial charge is 0.459 e. The van der Waals surface area contributed by atoms with Crippen LogP contribution in [0.1, 0.15) is 33.1 Å². The van der Waals surface area contributed by atoms with Crippen molar-refractivity contribution >= 4 is 5.91 Å². The number of nitrogens with zero attached hydrogens (tertiary/aromatic N) is 3. The summed E-state index contributed by atoms with van der Waals surface area (Å²) in [5.41, 5.74) is 4.88. The van der Waals surface area contributed by atoms with E-state index in [9.17, 15) is 4.79 Å². The summed E-state index contributed by atoms with van der Waals surface area (Å²) in [7, 11) is 1.78. The van der Waals surface area contributed by atoms with E-state index in [1.807, 2.05) is 55.8 Å². The maximum Gasteiger partial charge on any atom is 0.289 e. The molecular weight excluding hydrogens is 302 g/mol. The van der Waals surface area contributed by atoms with E-state index in [0.717, 1.165) is 28.2 Å². The average molecular weight is 323 g/mol. The second kappa shape index (κ2) is 6.35. The zero-order chi connectivity index (χ0) is 17.3. The van der Waals surface area contributed by atoms with Crippen LogP contribution in [0, 0.1) is 20.8 Å². The molecule has 5 nitrogen and oxygen atoms in total. The van der Waals surface area contributed by atoms with E-state index >= 15 is 0 Å². The van der Waals surface area contributed by atoms with Crippen LogP contribution >= 0.6 is 0 Å². The Kier molecular flexibility index (Phi) is 4.25. The topological polar surface area (TPSA) is 51.3 Å². The quantitative estimate of drug-likeness (QED) is 0.736. The number of benzene rings is 1. The molecule has 0 aliphatic rings. The summed E-state index contributed by atoms with van der Waals surface area (Å²) in [6, 6.07) is 11.8. The van der Waals surface area contributed by atoms with Crippen LogP contribution in [-0.2, 0) is 6.54 Å². The molecule has 0 spiro atoms. The van der Waals surface area contributed by atoms with Crippen molar-refractivity contribution in [2.45, 2.75) is 27.3 Å². The molecule has 124 valence electrons. The number of carbonyl (C=O) groups excluding carboxylic acids is 1. The molecule has 3 rings (SSSR count). The van der Waals surface area contributed by atoms with E-state index < -0.39 is 0 Å². The normalized spacial score (nSPS) is 10.8. The number of para-hydroxylation sites is 1. The molecule has 0 radical (unpaired) electrons. The lowest BCUT2D eigenvalue weighted by molar-refractivity contribution is 0.0752. The Balaban J connectivity index is 1.87. The molecule has 24 heavy (non-hydrogen) atoms. The Morgan fingerprint density at radius 2 is 1.88 bits per heavy atom. The first-order chi connectivity index (χ1) is 11.5. The predicted octanol–water partition coefficient (Wildman–Crippen LogP) is 3.66. The first-order valence-electron chi connectivity index (χ1n) is 7.89. The minimum Gasteiger partial charge on any atom is -0.459 e. The van der Waals surface area contributed by atoms with Crippen LogP contribution in [0.3, 0.4) is 0 Å². The number of hydrogen-bond donors (Lipinski definition) is 0. The van der Waals surface area contributed by atoms with Gasteiger partial charge in [-0.15, -0.1) is 0 Å². The van der Waals surface area contributed by atoms with Crippen molar-refractivity contribution in [3.05, 3.63) is 70.9 Å². The minimum atomic E-state index is -0.122. The predicted molar refractivity (Wildman–Crippen MR) is 92.3 cm³/mol. The molecule has 2 heterocycles. The Hall–Kier alpha value is -2.82. The summed E-state index contributed by atoms with van der Waals surface area (Å²) in [6.07, 6.45) is 1.54. The van der Waals surface area contributed by atoms with Gasteiger partial charge in [0.05, 0.1) is 17.6 Å².